The summed E-state index contributed by atoms with van der Waals surface area (Å²) in [6.07, 6.45) is 2.14. The van der Waals surface area contributed by atoms with Crippen molar-refractivity contribution < 1.29 is 0 Å². The van der Waals surface area contributed by atoms with Gasteiger partial charge in [-0.25, -0.2) is 0 Å². The van der Waals surface area contributed by atoms with E-state index < -0.39 is 0 Å². The molecule has 0 amide bonds. The summed E-state index contributed by atoms with van der Waals surface area (Å²) < 4.78 is 0. The molecule has 0 fully saturated rings. The second kappa shape index (κ2) is 9.67. The Hall–Kier alpha value is -1.70. The molecule has 0 aliphatic carbocycles. The van der Waals surface area contributed by atoms with E-state index in [-0.39, 0.29) is 0 Å². The van der Waals surface area contributed by atoms with Crippen molar-refractivity contribution in [1.29, 1.82) is 0 Å². The van der Waals surface area contributed by atoms with Gasteiger partial charge in [-0.15, -0.1) is 11.8 Å². The second-order valence-electron chi connectivity index (χ2n) is 7.66. The molecule has 3 rings (SSSR count). The summed E-state index contributed by atoms with van der Waals surface area (Å²) in [7, 11) is 0. The van der Waals surface area contributed by atoms with Gasteiger partial charge in [0.25, 0.3) is 0 Å². The van der Waals surface area contributed by atoms with Gasteiger partial charge in [0.1, 0.15) is 0 Å². The van der Waals surface area contributed by atoms with E-state index in [1.165, 1.54) is 32.7 Å². The van der Waals surface area contributed by atoms with Crippen molar-refractivity contribution in [2.75, 3.05) is 0 Å². The van der Waals surface area contributed by atoms with Gasteiger partial charge in [0.2, 0.25) is 0 Å². The van der Waals surface area contributed by atoms with E-state index in [1.54, 1.807) is 0 Å². The van der Waals surface area contributed by atoms with E-state index in [4.69, 9.17) is 11.6 Å². The number of aryl methyl sites for hydroxylation is 3. The van der Waals surface area contributed by atoms with Gasteiger partial charge < -0.3 is 0 Å². The number of halogens is 1. The van der Waals surface area contributed by atoms with Crippen LogP contribution in [0.15, 0.2) is 71.6 Å². The lowest BCUT2D eigenvalue weighted by Gasteiger charge is -2.27. The normalized spacial score (nSPS) is 13.3. The van der Waals surface area contributed by atoms with Gasteiger partial charge in [0.15, 0.2) is 0 Å². The van der Waals surface area contributed by atoms with Crippen LogP contribution in [-0.4, -0.2) is 5.25 Å². The Labute approximate surface area is 179 Å². The highest BCUT2D eigenvalue weighted by atomic mass is 35.5. The van der Waals surface area contributed by atoms with Crippen LogP contribution in [-0.2, 0) is 6.42 Å². The van der Waals surface area contributed by atoms with Crippen LogP contribution < -0.4 is 0 Å². The van der Waals surface area contributed by atoms with Crippen molar-refractivity contribution in [2.24, 2.45) is 0 Å². The molecule has 146 valence electrons. The number of benzene rings is 3. The maximum atomic E-state index is 6.36. The third-order valence-corrected chi connectivity index (χ3v) is 7.21. The largest absolute Gasteiger partial charge is 0.122 e. The van der Waals surface area contributed by atoms with Crippen molar-refractivity contribution in [3.63, 3.8) is 0 Å². The van der Waals surface area contributed by atoms with Gasteiger partial charge in [0.05, 0.1) is 0 Å². The minimum Gasteiger partial charge on any atom is -0.122 e. The van der Waals surface area contributed by atoms with Gasteiger partial charge in [-0.1, -0.05) is 66.6 Å². The molecule has 2 heteroatoms. The maximum absolute atomic E-state index is 6.36. The van der Waals surface area contributed by atoms with Gasteiger partial charge in [-0.05, 0) is 80.1 Å². The molecule has 0 heterocycles. The summed E-state index contributed by atoms with van der Waals surface area (Å²) in [5, 5.41) is 1.31. The molecule has 0 N–H and O–H groups in total. The maximum Gasteiger partial charge on any atom is 0.0408 e. The van der Waals surface area contributed by atoms with E-state index in [0.29, 0.717) is 11.2 Å². The molecule has 0 aromatic heterocycles. The predicted octanol–water partition coefficient (Wildman–Crippen LogP) is 8.16. The van der Waals surface area contributed by atoms with Gasteiger partial charge in [0, 0.05) is 21.1 Å². The molecular weight excluding hydrogens is 380 g/mol. The lowest BCUT2D eigenvalue weighted by molar-refractivity contribution is 0.626. The summed E-state index contributed by atoms with van der Waals surface area (Å²) in [6.45, 7) is 8.81. The van der Waals surface area contributed by atoms with Crippen LogP contribution in [0.4, 0.5) is 0 Å². The van der Waals surface area contributed by atoms with Crippen LogP contribution in [0.5, 0.6) is 0 Å². The van der Waals surface area contributed by atoms with E-state index in [1.807, 2.05) is 17.8 Å². The quantitative estimate of drug-likeness (QED) is 0.355. The standard InChI is InChI=1S/C26H29ClS/c1-5-26(28-24-13-9-18(2)10-14-24)25(22-7-6-8-23(27)17-22)16-21-12-11-19(3)20(4)15-21/h6-15,17,25-26H,5,16H2,1-4H3. The SMILES string of the molecule is CCC(Sc1ccc(C)cc1)C(Cc1ccc(C)c(C)c1)c1cccc(Cl)c1. The Kier molecular flexibility index (Phi) is 7.26. The summed E-state index contributed by atoms with van der Waals surface area (Å²) in [5.41, 5.74) is 6.75. The van der Waals surface area contributed by atoms with E-state index in [2.05, 4.69) is 88.4 Å². The van der Waals surface area contributed by atoms with Crippen molar-refractivity contribution in [3.8, 4) is 0 Å². The molecule has 2 unspecified atom stereocenters. The Morgan fingerprint density at radius 2 is 1.61 bits per heavy atom. The van der Waals surface area contributed by atoms with Crippen LogP contribution >= 0.6 is 23.4 Å². The first-order valence-electron chi connectivity index (χ1n) is 10.0. The van der Waals surface area contributed by atoms with Gasteiger partial charge in [-0.2, -0.15) is 0 Å². The van der Waals surface area contributed by atoms with Crippen LogP contribution in [0, 0.1) is 20.8 Å². The van der Waals surface area contributed by atoms with Gasteiger partial charge in [-0.3, -0.25) is 0 Å². The first kappa shape index (κ1) is 21.0. The molecule has 0 radical (unpaired) electrons. The highest BCUT2D eigenvalue weighted by Crippen LogP contribution is 2.38. The Morgan fingerprint density at radius 3 is 2.25 bits per heavy atom. The molecule has 3 aromatic carbocycles. The topological polar surface area (TPSA) is 0 Å². The third-order valence-electron chi connectivity index (χ3n) is 5.46. The lowest BCUT2D eigenvalue weighted by Crippen LogP contribution is -2.17. The zero-order valence-electron chi connectivity index (χ0n) is 17.2. The van der Waals surface area contributed by atoms with E-state index in [9.17, 15) is 0 Å². The lowest BCUT2D eigenvalue weighted by atomic mass is 9.87. The fraction of sp³-hybridized carbons (Fsp3) is 0.308. The second-order valence-corrected chi connectivity index (χ2v) is 9.41. The Balaban J connectivity index is 1.93. The zero-order chi connectivity index (χ0) is 20.1. The van der Waals surface area contributed by atoms with E-state index in [0.717, 1.165) is 17.9 Å². The third kappa shape index (κ3) is 5.43. The van der Waals surface area contributed by atoms with Crippen molar-refractivity contribution in [3.05, 3.63) is 99.6 Å². The molecule has 0 nitrogen and oxygen atoms in total. The highest BCUT2D eigenvalue weighted by Gasteiger charge is 2.24. The van der Waals surface area contributed by atoms with Crippen LogP contribution in [0.1, 0.15) is 47.1 Å². The molecule has 0 aliphatic heterocycles. The van der Waals surface area contributed by atoms with Crippen LogP contribution in [0.25, 0.3) is 0 Å². The predicted molar refractivity (Wildman–Crippen MR) is 125 cm³/mol. The molecule has 0 bridgehead atoms. The summed E-state index contributed by atoms with van der Waals surface area (Å²) >= 11 is 8.35. The summed E-state index contributed by atoms with van der Waals surface area (Å²) in [5.74, 6) is 0.414. The Morgan fingerprint density at radius 1 is 0.857 bits per heavy atom. The average molecular weight is 409 g/mol. The highest BCUT2D eigenvalue weighted by molar-refractivity contribution is 8.00. The minimum absolute atomic E-state index is 0.414. The zero-order valence-corrected chi connectivity index (χ0v) is 18.8. The first-order chi connectivity index (χ1) is 13.5. The fourth-order valence-electron chi connectivity index (χ4n) is 3.63. The molecule has 0 saturated heterocycles. The van der Waals surface area contributed by atoms with Crippen molar-refractivity contribution in [1.82, 2.24) is 0 Å². The average Bonchev–Trinajstić information content (AvgIpc) is 2.68. The van der Waals surface area contributed by atoms with Crippen LogP contribution in [0.3, 0.4) is 0 Å². The van der Waals surface area contributed by atoms with Crippen molar-refractivity contribution >= 4 is 23.4 Å². The first-order valence-corrected chi connectivity index (χ1v) is 11.3. The molecular formula is C26H29ClS. The van der Waals surface area contributed by atoms with E-state index >= 15 is 0 Å². The smallest absolute Gasteiger partial charge is 0.0408 e. The summed E-state index contributed by atoms with van der Waals surface area (Å²) in [6, 6.07) is 24.2. The Bertz CT molecular complexity index is 914. The number of hydrogen-bond donors (Lipinski definition) is 0. The molecule has 3 aromatic rings. The molecule has 2 atom stereocenters. The number of hydrogen-bond acceptors (Lipinski definition) is 1. The number of rotatable bonds is 7. The monoisotopic (exact) mass is 408 g/mol. The van der Waals surface area contributed by atoms with Crippen LogP contribution in [0.2, 0.25) is 5.02 Å². The number of thioether (sulfide) groups is 1. The molecule has 28 heavy (non-hydrogen) atoms. The molecule has 0 spiro atoms. The van der Waals surface area contributed by atoms with Gasteiger partial charge >= 0.3 is 0 Å². The van der Waals surface area contributed by atoms with Crippen molar-refractivity contribution in [2.45, 2.75) is 56.6 Å². The molecule has 0 saturated carbocycles. The summed E-state index contributed by atoms with van der Waals surface area (Å²) in [4.78, 5) is 1.34. The molecule has 0 aliphatic rings. The minimum atomic E-state index is 0.414. The fourth-order valence-corrected chi connectivity index (χ4v) is 5.05.